The van der Waals surface area contributed by atoms with Gasteiger partial charge in [-0.25, -0.2) is 9.78 Å². The molecule has 0 aliphatic carbocycles. The number of thiazole rings is 1. The summed E-state index contributed by atoms with van der Waals surface area (Å²) in [5.41, 5.74) is 5.81. The van der Waals surface area contributed by atoms with Crippen LogP contribution in [0, 0.1) is 0 Å². The van der Waals surface area contributed by atoms with Gasteiger partial charge in [-0.15, -0.1) is 23.1 Å². The van der Waals surface area contributed by atoms with Crippen LogP contribution >= 0.6 is 23.1 Å². The summed E-state index contributed by atoms with van der Waals surface area (Å²) in [6.45, 7) is 7.87. The molecule has 2 atom stereocenters. The fourth-order valence-corrected chi connectivity index (χ4v) is 5.09. The number of aliphatic imine (C=N–C) groups is 1. The van der Waals surface area contributed by atoms with E-state index < -0.39 is 40.8 Å². The third-order valence-corrected chi connectivity index (χ3v) is 6.84. The molecule has 0 unspecified atom stereocenters. The van der Waals surface area contributed by atoms with Crippen LogP contribution in [-0.2, 0) is 24.0 Å². The normalized spacial score (nSPS) is 20.6. The van der Waals surface area contributed by atoms with Crippen LogP contribution in [-0.4, -0.2) is 73.8 Å². The number of amides is 1. The molecule has 3 heterocycles. The first kappa shape index (κ1) is 30.8. The largest absolute Gasteiger partial charge is 1.00 e. The summed E-state index contributed by atoms with van der Waals surface area (Å²) in [6.07, 6.45) is 1.60. The van der Waals surface area contributed by atoms with Gasteiger partial charge in [0.2, 0.25) is 0 Å². The number of thioether (sulfide) groups is 1. The maximum absolute atomic E-state index is 13.2. The Labute approximate surface area is 244 Å². The van der Waals surface area contributed by atoms with Gasteiger partial charge < -0.3 is 25.5 Å². The van der Waals surface area contributed by atoms with Crippen molar-refractivity contribution in [2.75, 3.05) is 18.1 Å². The summed E-state index contributed by atoms with van der Waals surface area (Å²) in [6, 6.07) is -1.10. The number of oxime groups is 1. The van der Waals surface area contributed by atoms with Crippen LogP contribution < -0.4 is 40.4 Å². The number of nitrogen functional groups attached to an aromatic ring is 1. The first-order chi connectivity index (χ1) is 16.8. The van der Waals surface area contributed by atoms with Gasteiger partial charge >= 0.3 is 41.5 Å². The van der Waals surface area contributed by atoms with E-state index in [2.05, 4.69) is 15.1 Å². The van der Waals surface area contributed by atoms with Gasteiger partial charge in [0.25, 0.3) is 5.91 Å². The van der Waals surface area contributed by atoms with E-state index in [0.29, 0.717) is 22.0 Å². The van der Waals surface area contributed by atoms with E-state index in [0.717, 1.165) is 4.90 Å². The summed E-state index contributed by atoms with van der Waals surface area (Å²) in [4.78, 5) is 50.6. The van der Waals surface area contributed by atoms with Crippen molar-refractivity contribution < 1.29 is 63.7 Å². The molecule has 3 rings (SSSR count). The SMILES string of the molecule is CC(=O)OCC1=C(C(=O)O)N2C(=O)[C@@H](N=C([O-])C(=N\OC(C)(C)C)/C(C)=C/c3csc(N)n3)[C@H]2SC1.[Na+]. The Kier molecular flexibility index (Phi) is 10.4. The van der Waals surface area contributed by atoms with Gasteiger partial charge in [0.05, 0.1) is 5.69 Å². The van der Waals surface area contributed by atoms with Gasteiger partial charge in [0.1, 0.15) is 29.0 Å². The number of aromatic nitrogens is 1. The summed E-state index contributed by atoms with van der Waals surface area (Å²) in [7, 11) is 0. The molecular weight excluding hydrogens is 533 g/mol. The number of hydrogen-bond donors (Lipinski definition) is 2. The Balaban J connectivity index is 0.00000481. The molecule has 1 amide bonds. The maximum Gasteiger partial charge on any atom is 1.00 e. The van der Waals surface area contributed by atoms with Gasteiger partial charge in [-0.2, -0.15) is 0 Å². The van der Waals surface area contributed by atoms with Crippen molar-refractivity contribution in [2.24, 2.45) is 10.1 Å². The van der Waals surface area contributed by atoms with Crippen LogP contribution in [0.3, 0.4) is 0 Å². The molecule has 1 aromatic rings. The summed E-state index contributed by atoms with van der Waals surface area (Å²) in [5, 5.41) is 28.2. The molecule has 0 aromatic carbocycles. The molecule has 194 valence electrons. The van der Waals surface area contributed by atoms with Crippen molar-refractivity contribution in [2.45, 2.75) is 51.6 Å². The Bertz CT molecular complexity index is 1200. The number of β-lactam (4-membered cyclic amide) rings is 1. The van der Waals surface area contributed by atoms with E-state index in [4.69, 9.17) is 15.3 Å². The number of nitrogens with two attached hydrogens (primary N) is 1. The van der Waals surface area contributed by atoms with E-state index in [1.165, 1.54) is 30.0 Å². The Morgan fingerprint density at radius 2 is 2.05 bits per heavy atom. The summed E-state index contributed by atoms with van der Waals surface area (Å²) < 4.78 is 4.92. The maximum atomic E-state index is 13.2. The first-order valence-corrected chi connectivity index (χ1v) is 12.7. The standard InChI is InChI=1S/C22H27N5O7S2.Na/c1-10(6-13-9-36-21(23)24-13)14(26-34-22(3,4)5)17(29)25-15-18(30)27-16(20(31)32)12(7-33-11(2)28)8-35-19(15)27;/h6,9,15,19H,7-8H2,1-5H3,(H2,23,24)(H,25,29)(H,31,32);/q;+1/p-1/b10-6+,26-14-;/t15-,19-;/m1./s1. The molecule has 1 fully saturated rings. The number of esters is 1. The minimum absolute atomic E-state index is 0. The second-order valence-corrected chi connectivity index (χ2v) is 10.9. The molecule has 2 aliphatic rings. The van der Waals surface area contributed by atoms with Crippen molar-refractivity contribution in [3.8, 4) is 0 Å². The zero-order valence-corrected chi connectivity index (χ0v) is 24.9. The first-order valence-electron chi connectivity index (χ1n) is 10.7. The topological polar surface area (TPSA) is 180 Å². The van der Waals surface area contributed by atoms with Gasteiger partial charge in [-0.1, -0.05) is 5.16 Å². The fourth-order valence-electron chi connectivity index (χ4n) is 3.26. The number of carbonyl (C=O) groups is 3. The number of hydrogen-bond acceptors (Lipinski definition) is 12. The molecule has 2 aliphatic heterocycles. The van der Waals surface area contributed by atoms with Gasteiger partial charge in [-0.3, -0.25) is 19.5 Å². The Hall–Kier alpha value is -2.39. The number of carbonyl (C=O) groups excluding carboxylic acids is 2. The molecule has 0 bridgehead atoms. The van der Waals surface area contributed by atoms with E-state index >= 15 is 0 Å². The molecule has 1 aromatic heterocycles. The zero-order valence-electron chi connectivity index (χ0n) is 21.3. The number of carboxylic acid groups (broad SMARTS) is 1. The number of aliphatic carboxylic acids is 1. The van der Waals surface area contributed by atoms with Crippen LogP contribution in [0.5, 0.6) is 0 Å². The van der Waals surface area contributed by atoms with Crippen molar-refractivity contribution >= 4 is 63.8 Å². The van der Waals surface area contributed by atoms with Crippen LogP contribution in [0.4, 0.5) is 5.13 Å². The summed E-state index contributed by atoms with van der Waals surface area (Å²) in [5.74, 6) is -3.14. The summed E-state index contributed by atoms with van der Waals surface area (Å²) >= 11 is 2.47. The molecule has 15 heteroatoms. The van der Waals surface area contributed by atoms with Gasteiger partial charge in [-0.05, 0) is 39.3 Å². The predicted octanol–water partition coefficient (Wildman–Crippen LogP) is -1.75. The molecule has 0 radical (unpaired) electrons. The van der Waals surface area contributed by atoms with Crippen LogP contribution in [0.25, 0.3) is 6.08 Å². The third kappa shape index (κ3) is 7.57. The minimum atomic E-state index is -1.33. The third-order valence-electron chi connectivity index (χ3n) is 4.82. The number of fused-ring (bicyclic) bond motifs is 1. The van der Waals surface area contributed by atoms with Crippen molar-refractivity contribution in [3.05, 3.63) is 27.9 Å². The monoisotopic (exact) mass is 559 g/mol. The van der Waals surface area contributed by atoms with Crippen molar-refractivity contribution in [1.29, 1.82) is 0 Å². The van der Waals surface area contributed by atoms with Crippen LogP contribution in [0.2, 0.25) is 0 Å². The molecule has 37 heavy (non-hydrogen) atoms. The molecule has 3 N–H and O–H groups in total. The van der Waals surface area contributed by atoms with Crippen molar-refractivity contribution in [3.63, 3.8) is 0 Å². The van der Waals surface area contributed by atoms with Crippen LogP contribution in [0.15, 0.2) is 32.4 Å². The Morgan fingerprint density at radius 3 is 2.59 bits per heavy atom. The molecule has 1 saturated heterocycles. The van der Waals surface area contributed by atoms with E-state index in [9.17, 15) is 24.6 Å². The zero-order chi connectivity index (χ0) is 26.8. The average molecular weight is 560 g/mol. The molecule has 12 nitrogen and oxygen atoms in total. The molecule has 0 saturated carbocycles. The average Bonchev–Trinajstić information content (AvgIpc) is 3.18. The van der Waals surface area contributed by atoms with Gasteiger partial charge in [0, 0.05) is 29.5 Å². The number of carboxylic acids is 1. The second-order valence-electron chi connectivity index (χ2n) is 8.91. The molecular formula is C22H26N5NaO7S2. The van der Waals surface area contributed by atoms with E-state index in [1.54, 1.807) is 39.2 Å². The van der Waals surface area contributed by atoms with Crippen LogP contribution in [0.1, 0.15) is 40.3 Å². The number of nitrogens with zero attached hydrogens (tertiary/aromatic N) is 4. The van der Waals surface area contributed by atoms with Gasteiger partial charge in [0.15, 0.2) is 11.2 Å². The molecule has 0 spiro atoms. The number of rotatable bonds is 8. The van der Waals surface area contributed by atoms with E-state index in [-0.39, 0.29) is 53.3 Å². The Morgan fingerprint density at radius 1 is 1.38 bits per heavy atom. The number of anilines is 1. The predicted molar refractivity (Wildman–Crippen MR) is 134 cm³/mol. The smallest absolute Gasteiger partial charge is 0.857 e. The number of ether oxygens (including phenoxy) is 1. The quantitative estimate of drug-likeness (QED) is 0.0926. The van der Waals surface area contributed by atoms with E-state index in [1.807, 2.05) is 0 Å². The second kappa shape index (κ2) is 12.4. The minimum Gasteiger partial charge on any atom is -0.857 e. The fraction of sp³-hybridized carbons (Fsp3) is 0.455. The van der Waals surface area contributed by atoms with Crippen molar-refractivity contribution in [1.82, 2.24) is 9.88 Å².